The fourth-order valence-corrected chi connectivity index (χ4v) is 3.02. The molecule has 0 amide bonds. The Kier molecular flexibility index (Phi) is 5.86. The van der Waals surface area contributed by atoms with Gasteiger partial charge in [0.15, 0.2) is 0 Å². The van der Waals surface area contributed by atoms with Crippen LogP contribution in [0, 0.1) is 17.8 Å². The molecule has 0 spiro atoms. The molecular weight excluding hydrogens is 200 g/mol. The van der Waals surface area contributed by atoms with Gasteiger partial charge in [0.1, 0.15) is 0 Å². The van der Waals surface area contributed by atoms with Gasteiger partial charge >= 0.3 is 5.97 Å². The van der Waals surface area contributed by atoms with Crippen molar-refractivity contribution in [3.05, 3.63) is 0 Å². The minimum atomic E-state index is -0.577. The minimum Gasteiger partial charge on any atom is -0.481 e. The number of carboxylic acid groups (broad SMARTS) is 1. The van der Waals surface area contributed by atoms with Crippen molar-refractivity contribution in [1.82, 2.24) is 0 Å². The van der Waals surface area contributed by atoms with Crippen molar-refractivity contribution in [3.8, 4) is 0 Å². The summed E-state index contributed by atoms with van der Waals surface area (Å²) in [6.45, 7) is 4.29. The van der Waals surface area contributed by atoms with Crippen LogP contribution in [-0.2, 0) is 4.79 Å². The largest absolute Gasteiger partial charge is 0.481 e. The predicted molar refractivity (Wildman–Crippen MR) is 66.4 cm³/mol. The molecule has 0 aliphatic heterocycles. The molecule has 2 unspecified atom stereocenters. The molecule has 1 aliphatic carbocycles. The summed E-state index contributed by atoms with van der Waals surface area (Å²) in [4.78, 5) is 11.3. The van der Waals surface area contributed by atoms with E-state index in [2.05, 4.69) is 13.8 Å². The van der Waals surface area contributed by atoms with Crippen LogP contribution in [0.25, 0.3) is 0 Å². The second-order valence-corrected chi connectivity index (χ2v) is 5.34. The molecule has 2 heteroatoms. The second kappa shape index (κ2) is 6.93. The summed E-state index contributed by atoms with van der Waals surface area (Å²) >= 11 is 0. The molecule has 2 atom stereocenters. The average Bonchev–Trinajstić information content (AvgIpc) is 2.30. The van der Waals surface area contributed by atoms with E-state index in [4.69, 9.17) is 0 Å². The SMILES string of the molecule is CCCCC(C(=O)O)C(C)C1CCCCC1. The van der Waals surface area contributed by atoms with Gasteiger partial charge < -0.3 is 5.11 Å². The molecule has 2 nitrogen and oxygen atoms in total. The molecule has 0 heterocycles. The van der Waals surface area contributed by atoms with Crippen LogP contribution in [0.1, 0.15) is 65.2 Å². The average molecular weight is 226 g/mol. The third kappa shape index (κ3) is 3.80. The van der Waals surface area contributed by atoms with E-state index in [1.807, 2.05) is 0 Å². The molecule has 16 heavy (non-hydrogen) atoms. The lowest BCUT2D eigenvalue weighted by molar-refractivity contribution is -0.144. The zero-order chi connectivity index (χ0) is 12.0. The van der Waals surface area contributed by atoms with Gasteiger partial charge in [-0.05, 0) is 18.3 Å². The Morgan fingerprint density at radius 2 is 1.94 bits per heavy atom. The molecule has 0 bridgehead atoms. The monoisotopic (exact) mass is 226 g/mol. The Labute approximate surface area is 99.4 Å². The zero-order valence-corrected chi connectivity index (χ0v) is 10.7. The lowest BCUT2D eigenvalue weighted by Gasteiger charge is -2.31. The highest BCUT2D eigenvalue weighted by atomic mass is 16.4. The number of carboxylic acids is 1. The maximum atomic E-state index is 11.3. The highest BCUT2D eigenvalue weighted by Crippen LogP contribution is 2.35. The van der Waals surface area contributed by atoms with E-state index in [1.165, 1.54) is 32.1 Å². The van der Waals surface area contributed by atoms with E-state index in [0.717, 1.165) is 19.3 Å². The summed E-state index contributed by atoms with van der Waals surface area (Å²) in [5, 5.41) is 9.30. The molecule has 0 aromatic carbocycles. The maximum absolute atomic E-state index is 11.3. The van der Waals surface area contributed by atoms with E-state index in [0.29, 0.717) is 11.8 Å². The summed E-state index contributed by atoms with van der Waals surface area (Å²) in [7, 11) is 0. The number of hydrogen-bond donors (Lipinski definition) is 1. The number of carbonyl (C=O) groups is 1. The van der Waals surface area contributed by atoms with Crippen LogP contribution < -0.4 is 0 Å². The van der Waals surface area contributed by atoms with Crippen LogP contribution in [0.2, 0.25) is 0 Å². The van der Waals surface area contributed by atoms with Gasteiger partial charge in [-0.15, -0.1) is 0 Å². The van der Waals surface area contributed by atoms with Crippen molar-refractivity contribution in [2.24, 2.45) is 17.8 Å². The van der Waals surface area contributed by atoms with Gasteiger partial charge in [0.25, 0.3) is 0 Å². The number of unbranched alkanes of at least 4 members (excludes halogenated alkanes) is 1. The van der Waals surface area contributed by atoms with E-state index >= 15 is 0 Å². The van der Waals surface area contributed by atoms with Crippen molar-refractivity contribution >= 4 is 5.97 Å². The number of hydrogen-bond acceptors (Lipinski definition) is 1. The van der Waals surface area contributed by atoms with Gasteiger partial charge in [0, 0.05) is 0 Å². The van der Waals surface area contributed by atoms with E-state index in [9.17, 15) is 9.90 Å². The third-order valence-corrected chi connectivity index (χ3v) is 4.21. The van der Waals surface area contributed by atoms with Crippen molar-refractivity contribution < 1.29 is 9.90 Å². The quantitative estimate of drug-likeness (QED) is 0.740. The van der Waals surface area contributed by atoms with E-state index < -0.39 is 5.97 Å². The summed E-state index contributed by atoms with van der Waals surface area (Å²) in [6.07, 6.45) is 9.45. The van der Waals surface area contributed by atoms with Gasteiger partial charge in [0.2, 0.25) is 0 Å². The first-order chi connectivity index (χ1) is 7.66. The fraction of sp³-hybridized carbons (Fsp3) is 0.929. The van der Waals surface area contributed by atoms with Crippen LogP contribution in [-0.4, -0.2) is 11.1 Å². The molecule has 0 aromatic heterocycles. The van der Waals surface area contributed by atoms with Crippen LogP contribution in [0.5, 0.6) is 0 Å². The Balaban J connectivity index is 2.50. The maximum Gasteiger partial charge on any atom is 0.306 e. The highest BCUT2D eigenvalue weighted by molar-refractivity contribution is 5.70. The van der Waals surface area contributed by atoms with Crippen molar-refractivity contribution in [3.63, 3.8) is 0 Å². The van der Waals surface area contributed by atoms with Crippen LogP contribution >= 0.6 is 0 Å². The van der Waals surface area contributed by atoms with E-state index in [-0.39, 0.29) is 5.92 Å². The number of rotatable bonds is 6. The summed E-state index contributed by atoms with van der Waals surface area (Å²) < 4.78 is 0. The normalized spacial score (nSPS) is 21.6. The smallest absolute Gasteiger partial charge is 0.306 e. The van der Waals surface area contributed by atoms with Gasteiger partial charge in [-0.3, -0.25) is 4.79 Å². The van der Waals surface area contributed by atoms with Crippen molar-refractivity contribution in [2.75, 3.05) is 0 Å². The van der Waals surface area contributed by atoms with Gasteiger partial charge in [-0.1, -0.05) is 58.8 Å². The first-order valence-corrected chi connectivity index (χ1v) is 6.89. The third-order valence-electron chi connectivity index (χ3n) is 4.21. The molecule has 1 aliphatic rings. The van der Waals surface area contributed by atoms with Gasteiger partial charge in [-0.25, -0.2) is 0 Å². The molecule has 1 N–H and O–H groups in total. The van der Waals surface area contributed by atoms with Crippen LogP contribution in [0.3, 0.4) is 0 Å². The predicted octanol–water partition coefficient (Wildman–Crippen LogP) is 4.09. The molecular formula is C14H26O2. The molecule has 0 aromatic rings. The molecule has 94 valence electrons. The lowest BCUT2D eigenvalue weighted by Crippen LogP contribution is -2.28. The summed E-state index contributed by atoms with van der Waals surface area (Å²) in [5.74, 6) is 0.339. The first kappa shape index (κ1) is 13.5. The van der Waals surface area contributed by atoms with Crippen molar-refractivity contribution in [2.45, 2.75) is 65.2 Å². The highest BCUT2D eigenvalue weighted by Gasteiger charge is 2.30. The summed E-state index contributed by atoms with van der Waals surface area (Å²) in [5.41, 5.74) is 0. The van der Waals surface area contributed by atoms with Crippen LogP contribution in [0.4, 0.5) is 0 Å². The minimum absolute atomic E-state index is 0.108. The molecule has 1 rings (SSSR count). The zero-order valence-electron chi connectivity index (χ0n) is 10.7. The molecule has 0 radical (unpaired) electrons. The standard InChI is InChI=1S/C14H26O2/c1-3-4-10-13(14(15)16)11(2)12-8-6-5-7-9-12/h11-13H,3-10H2,1-2H3,(H,15,16). The first-order valence-electron chi connectivity index (χ1n) is 6.89. The molecule has 0 saturated heterocycles. The Morgan fingerprint density at radius 3 is 2.44 bits per heavy atom. The Bertz CT molecular complexity index is 207. The Hall–Kier alpha value is -0.530. The topological polar surface area (TPSA) is 37.3 Å². The fourth-order valence-electron chi connectivity index (χ4n) is 3.02. The van der Waals surface area contributed by atoms with Crippen LogP contribution in [0.15, 0.2) is 0 Å². The second-order valence-electron chi connectivity index (χ2n) is 5.34. The molecule has 1 saturated carbocycles. The van der Waals surface area contributed by atoms with Gasteiger partial charge in [-0.2, -0.15) is 0 Å². The molecule has 1 fully saturated rings. The summed E-state index contributed by atoms with van der Waals surface area (Å²) in [6, 6.07) is 0. The number of aliphatic carboxylic acids is 1. The lowest BCUT2D eigenvalue weighted by atomic mass is 9.74. The Morgan fingerprint density at radius 1 is 1.31 bits per heavy atom. The van der Waals surface area contributed by atoms with Gasteiger partial charge in [0.05, 0.1) is 5.92 Å². The van der Waals surface area contributed by atoms with E-state index in [1.54, 1.807) is 0 Å². The van der Waals surface area contributed by atoms with Crippen molar-refractivity contribution in [1.29, 1.82) is 0 Å².